The van der Waals surface area contributed by atoms with Crippen molar-refractivity contribution in [1.29, 1.82) is 0 Å². The molecule has 1 amide bonds. The molecule has 0 aromatic carbocycles. The van der Waals surface area contributed by atoms with Crippen LogP contribution in [0, 0.1) is 0 Å². The predicted octanol–water partition coefficient (Wildman–Crippen LogP) is 0.161. The molecule has 1 saturated heterocycles. The van der Waals surface area contributed by atoms with E-state index in [4.69, 9.17) is 15.2 Å². The van der Waals surface area contributed by atoms with Gasteiger partial charge >= 0.3 is 0 Å². The van der Waals surface area contributed by atoms with Crippen LogP contribution in [0.2, 0.25) is 0 Å². The Morgan fingerprint density at radius 3 is 2.69 bits per heavy atom. The number of nitrogens with two attached hydrogens (primary N) is 1. The van der Waals surface area contributed by atoms with Crippen LogP contribution in [-0.4, -0.2) is 39.0 Å². The Morgan fingerprint density at radius 2 is 2.12 bits per heavy atom. The predicted molar refractivity (Wildman–Crippen MR) is 60.7 cm³/mol. The maximum absolute atomic E-state index is 11.9. The van der Waals surface area contributed by atoms with Gasteiger partial charge in [0.1, 0.15) is 0 Å². The summed E-state index contributed by atoms with van der Waals surface area (Å²) in [6.45, 7) is 0.974. The van der Waals surface area contributed by atoms with Gasteiger partial charge in [-0.2, -0.15) is 0 Å². The van der Waals surface area contributed by atoms with Crippen molar-refractivity contribution in [3.63, 3.8) is 0 Å². The van der Waals surface area contributed by atoms with Crippen LogP contribution in [0.4, 0.5) is 0 Å². The molecule has 5 heteroatoms. The Balaban J connectivity index is 3.04. The molecular weight excluding hydrogens is 208 g/mol. The molecule has 0 unspecified atom stereocenters. The molecule has 1 fully saturated rings. The second-order valence-corrected chi connectivity index (χ2v) is 3.73. The van der Waals surface area contributed by atoms with Crippen LogP contribution in [-0.2, 0) is 14.3 Å². The molecule has 0 bridgehead atoms. The Kier molecular flexibility index (Phi) is 4.92. The van der Waals surface area contributed by atoms with Gasteiger partial charge in [0.2, 0.25) is 0 Å². The number of carbonyl (C=O) groups excluding carboxylic acids is 1. The third-order valence-electron chi connectivity index (χ3n) is 2.85. The summed E-state index contributed by atoms with van der Waals surface area (Å²) in [6, 6.07) is 0. The van der Waals surface area contributed by atoms with Crippen LogP contribution in [0.3, 0.4) is 0 Å². The van der Waals surface area contributed by atoms with Crippen molar-refractivity contribution in [3.8, 4) is 0 Å². The van der Waals surface area contributed by atoms with E-state index >= 15 is 0 Å². The molecule has 16 heavy (non-hydrogen) atoms. The standard InChI is InChI=1S/C11H20N2O3/c1-15-11(16-2)6-3-4-8-13-10(14)9(11)5-7-12/h5H,3-4,6-8,12H2,1-2H3,(H,13,14)/b9-5-. The number of nitrogens with one attached hydrogen (secondary N) is 1. The van der Waals surface area contributed by atoms with E-state index in [1.165, 1.54) is 0 Å². The molecule has 0 saturated carbocycles. The maximum Gasteiger partial charge on any atom is 0.252 e. The number of hydrogen-bond acceptors (Lipinski definition) is 4. The molecule has 1 heterocycles. The van der Waals surface area contributed by atoms with E-state index in [0.29, 0.717) is 18.5 Å². The van der Waals surface area contributed by atoms with Crippen LogP contribution in [0.25, 0.3) is 0 Å². The lowest BCUT2D eigenvalue weighted by Gasteiger charge is -2.34. The summed E-state index contributed by atoms with van der Waals surface area (Å²) in [7, 11) is 3.09. The highest BCUT2D eigenvalue weighted by atomic mass is 16.7. The zero-order chi connectivity index (χ0) is 12.0. The summed E-state index contributed by atoms with van der Waals surface area (Å²) in [6.07, 6.45) is 4.19. The summed E-state index contributed by atoms with van der Waals surface area (Å²) in [5.74, 6) is -1.11. The molecule has 0 atom stereocenters. The Hall–Kier alpha value is -0.910. The van der Waals surface area contributed by atoms with Crippen molar-refractivity contribution in [2.75, 3.05) is 27.3 Å². The normalized spacial score (nSPS) is 23.7. The van der Waals surface area contributed by atoms with Gasteiger partial charge in [0.25, 0.3) is 5.91 Å². The molecule has 0 spiro atoms. The van der Waals surface area contributed by atoms with Crippen molar-refractivity contribution in [2.24, 2.45) is 5.73 Å². The lowest BCUT2D eigenvalue weighted by atomic mass is 9.96. The van der Waals surface area contributed by atoms with Gasteiger partial charge in [-0.05, 0) is 12.8 Å². The summed E-state index contributed by atoms with van der Waals surface area (Å²) >= 11 is 0. The molecule has 1 aliphatic rings. The summed E-state index contributed by atoms with van der Waals surface area (Å²) in [4.78, 5) is 11.9. The molecule has 1 rings (SSSR count). The number of rotatable bonds is 3. The Labute approximate surface area is 96.0 Å². The second-order valence-electron chi connectivity index (χ2n) is 3.73. The van der Waals surface area contributed by atoms with Gasteiger partial charge in [-0.25, -0.2) is 0 Å². The highest BCUT2D eigenvalue weighted by Crippen LogP contribution is 2.29. The first-order valence-electron chi connectivity index (χ1n) is 5.49. The fourth-order valence-corrected chi connectivity index (χ4v) is 1.96. The molecule has 0 aromatic rings. The quantitative estimate of drug-likeness (QED) is 0.533. The third-order valence-corrected chi connectivity index (χ3v) is 2.85. The minimum absolute atomic E-state index is 0.158. The number of ether oxygens (including phenoxy) is 2. The van der Waals surface area contributed by atoms with Gasteiger partial charge in [0.15, 0.2) is 5.79 Å². The fraction of sp³-hybridized carbons (Fsp3) is 0.727. The molecule has 1 aliphatic heterocycles. The Bertz CT molecular complexity index is 272. The Morgan fingerprint density at radius 1 is 1.44 bits per heavy atom. The van der Waals surface area contributed by atoms with Crippen LogP contribution >= 0.6 is 0 Å². The molecule has 92 valence electrons. The van der Waals surface area contributed by atoms with Gasteiger partial charge < -0.3 is 20.5 Å². The minimum atomic E-state index is -0.954. The van der Waals surface area contributed by atoms with Crippen molar-refractivity contribution in [1.82, 2.24) is 5.32 Å². The van der Waals surface area contributed by atoms with Crippen LogP contribution in [0.5, 0.6) is 0 Å². The molecule has 0 aliphatic carbocycles. The van der Waals surface area contributed by atoms with E-state index in [0.717, 1.165) is 12.8 Å². The van der Waals surface area contributed by atoms with Crippen LogP contribution in [0.15, 0.2) is 11.6 Å². The van der Waals surface area contributed by atoms with E-state index < -0.39 is 5.79 Å². The highest BCUT2D eigenvalue weighted by molar-refractivity contribution is 5.95. The second kappa shape index (κ2) is 5.98. The number of methoxy groups -OCH3 is 2. The fourth-order valence-electron chi connectivity index (χ4n) is 1.96. The zero-order valence-electron chi connectivity index (χ0n) is 9.91. The van der Waals surface area contributed by atoms with Crippen LogP contribution < -0.4 is 11.1 Å². The molecule has 5 nitrogen and oxygen atoms in total. The van der Waals surface area contributed by atoms with E-state index in [1.54, 1.807) is 20.3 Å². The number of carbonyl (C=O) groups is 1. The average molecular weight is 228 g/mol. The summed E-state index contributed by atoms with van der Waals surface area (Å²) in [5.41, 5.74) is 5.95. The first kappa shape index (κ1) is 13.2. The monoisotopic (exact) mass is 228 g/mol. The first-order valence-corrected chi connectivity index (χ1v) is 5.49. The van der Waals surface area contributed by atoms with Crippen LogP contribution in [0.1, 0.15) is 19.3 Å². The largest absolute Gasteiger partial charge is 0.352 e. The van der Waals surface area contributed by atoms with Gasteiger partial charge in [-0.3, -0.25) is 4.79 Å². The number of hydrogen-bond donors (Lipinski definition) is 2. The average Bonchev–Trinajstić information content (AvgIpc) is 2.30. The van der Waals surface area contributed by atoms with Gasteiger partial charge in [0.05, 0.1) is 5.57 Å². The SMILES string of the molecule is COC1(OC)CCCCNC(=O)/C1=C/CN. The topological polar surface area (TPSA) is 73.6 Å². The van der Waals surface area contributed by atoms with Crippen molar-refractivity contribution >= 4 is 5.91 Å². The highest BCUT2D eigenvalue weighted by Gasteiger charge is 2.38. The maximum atomic E-state index is 11.9. The van der Waals surface area contributed by atoms with Crippen molar-refractivity contribution < 1.29 is 14.3 Å². The first-order chi connectivity index (χ1) is 7.70. The molecule has 3 N–H and O–H groups in total. The summed E-state index contributed by atoms with van der Waals surface area (Å²) < 4.78 is 10.8. The van der Waals surface area contributed by atoms with E-state index in [2.05, 4.69) is 5.32 Å². The van der Waals surface area contributed by atoms with E-state index in [1.807, 2.05) is 0 Å². The smallest absolute Gasteiger partial charge is 0.252 e. The van der Waals surface area contributed by atoms with E-state index in [-0.39, 0.29) is 12.5 Å². The third kappa shape index (κ3) is 2.61. The lowest BCUT2D eigenvalue weighted by molar-refractivity contribution is -0.187. The van der Waals surface area contributed by atoms with Crippen molar-refractivity contribution in [3.05, 3.63) is 11.6 Å². The van der Waals surface area contributed by atoms with Gasteiger partial charge in [0, 0.05) is 33.7 Å². The van der Waals surface area contributed by atoms with E-state index in [9.17, 15) is 4.79 Å². The summed E-state index contributed by atoms with van der Waals surface area (Å²) in [5, 5.41) is 2.82. The van der Waals surface area contributed by atoms with Gasteiger partial charge in [-0.1, -0.05) is 6.08 Å². The van der Waals surface area contributed by atoms with Gasteiger partial charge in [-0.15, -0.1) is 0 Å². The molecule has 0 aromatic heterocycles. The minimum Gasteiger partial charge on any atom is -0.352 e. The zero-order valence-corrected chi connectivity index (χ0v) is 9.91. The number of amides is 1. The molecule has 0 radical (unpaired) electrons. The lowest BCUT2D eigenvalue weighted by Crippen LogP contribution is -2.45. The molecular formula is C11H20N2O3. The van der Waals surface area contributed by atoms with Crippen molar-refractivity contribution in [2.45, 2.75) is 25.0 Å².